The fraction of sp³-hybridized carbons (Fsp3) is 0.545. The van der Waals surface area contributed by atoms with Gasteiger partial charge in [-0.15, -0.1) is 0 Å². The minimum atomic E-state index is -0.460. The van der Waals surface area contributed by atoms with Gasteiger partial charge in [0.1, 0.15) is 5.76 Å². The predicted molar refractivity (Wildman–Crippen MR) is 111 cm³/mol. The lowest BCUT2D eigenvalue weighted by atomic mass is 10.1. The number of hydrogen-bond acceptors (Lipinski definition) is 7. The van der Waals surface area contributed by atoms with Crippen LogP contribution in [0.25, 0.3) is 0 Å². The SMILES string of the molecule is COC(=O)c1ccc(CN2CCCN(Cc3c(C(=O)OC)c(C)n(C)c3C)CC2)o1. The number of furan rings is 1. The second kappa shape index (κ2) is 9.49. The molecule has 164 valence electrons. The van der Waals surface area contributed by atoms with Gasteiger partial charge in [-0.05, 0) is 45.5 Å². The quantitative estimate of drug-likeness (QED) is 0.669. The molecule has 1 fully saturated rings. The molecule has 0 unspecified atom stereocenters. The molecule has 3 rings (SSSR count). The van der Waals surface area contributed by atoms with E-state index in [1.54, 1.807) is 6.07 Å². The van der Waals surface area contributed by atoms with Crippen molar-refractivity contribution in [1.82, 2.24) is 14.4 Å². The van der Waals surface area contributed by atoms with E-state index in [1.165, 1.54) is 14.2 Å². The highest BCUT2D eigenvalue weighted by atomic mass is 16.5. The average molecular weight is 418 g/mol. The maximum Gasteiger partial charge on any atom is 0.373 e. The molecule has 0 amide bonds. The minimum absolute atomic E-state index is 0.231. The van der Waals surface area contributed by atoms with Crippen LogP contribution in [0.4, 0.5) is 0 Å². The van der Waals surface area contributed by atoms with E-state index in [2.05, 4.69) is 21.3 Å². The molecule has 0 N–H and O–H groups in total. The van der Waals surface area contributed by atoms with Crippen LogP contribution in [-0.4, -0.2) is 66.7 Å². The number of methoxy groups -OCH3 is 2. The van der Waals surface area contributed by atoms with Crippen molar-refractivity contribution in [2.24, 2.45) is 7.05 Å². The maximum absolute atomic E-state index is 12.4. The van der Waals surface area contributed by atoms with Crippen LogP contribution in [0.3, 0.4) is 0 Å². The fourth-order valence-electron chi connectivity index (χ4n) is 4.05. The van der Waals surface area contributed by atoms with E-state index in [4.69, 9.17) is 13.9 Å². The Balaban J connectivity index is 1.65. The molecule has 1 aliphatic rings. The van der Waals surface area contributed by atoms with Gasteiger partial charge >= 0.3 is 11.9 Å². The van der Waals surface area contributed by atoms with Crippen molar-refractivity contribution in [2.45, 2.75) is 33.4 Å². The zero-order valence-electron chi connectivity index (χ0n) is 18.5. The molecule has 30 heavy (non-hydrogen) atoms. The van der Waals surface area contributed by atoms with E-state index < -0.39 is 5.97 Å². The molecular weight excluding hydrogens is 386 g/mol. The summed E-state index contributed by atoms with van der Waals surface area (Å²) in [6.45, 7) is 9.05. The van der Waals surface area contributed by atoms with Gasteiger partial charge in [0.2, 0.25) is 5.76 Å². The molecule has 0 atom stereocenters. The van der Waals surface area contributed by atoms with Crippen LogP contribution in [0.2, 0.25) is 0 Å². The number of hydrogen-bond donors (Lipinski definition) is 0. The number of esters is 2. The van der Waals surface area contributed by atoms with Gasteiger partial charge in [-0.3, -0.25) is 9.80 Å². The highest BCUT2D eigenvalue weighted by molar-refractivity contribution is 5.93. The summed E-state index contributed by atoms with van der Waals surface area (Å²) in [5, 5.41) is 0. The van der Waals surface area contributed by atoms with Gasteiger partial charge in [0, 0.05) is 43.6 Å². The lowest BCUT2D eigenvalue weighted by molar-refractivity contribution is 0.0559. The van der Waals surface area contributed by atoms with Crippen molar-refractivity contribution in [2.75, 3.05) is 40.4 Å². The number of ether oxygens (including phenoxy) is 2. The summed E-state index contributed by atoms with van der Waals surface area (Å²) in [5.41, 5.74) is 3.76. The second-order valence-electron chi connectivity index (χ2n) is 7.74. The summed E-state index contributed by atoms with van der Waals surface area (Å²) in [6.07, 6.45) is 1.02. The van der Waals surface area contributed by atoms with Crippen molar-refractivity contribution in [3.05, 3.63) is 46.2 Å². The Bertz CT molecular complexity index is 914. The molecule has 2 aromatic rings. The molecule has 0 saturated carbocycles. The third-order valence-corrected chi connectivity index (χ3v) is 5.99. The van der Waals surface area contributed by atoms with Crippen molar-refractivity contribution < 1.29 is 23.5 Å². The number of aromatic nitrogens is 1. The number of nitrogens with zero attached hydrogens (tertiary/aromatic N) is 3. The first-order valence-corrected chi connectivity index (χ1v) is 10.2. The van der Waals surface area contributed by atoms with Crippen molar-refractivity contribution in [3.63, 3.8) is 0 Å². The molecule has 0 aromatic carbocycles. The monoisotopic (exact) mass is 417 g/mol. The van der Waals surface area contributed by atoms with Crippen LogP contribution >= 0.6 is 0 Å². The third kappa shape index (κ3) is 4.60. The van der Waals surface area contributed by atoms with Gasteiger partial charge in [-0.2, -0.15) is 0 Å². The standard InChI is InChI=1S/C22H31N3O5/c1-15-18(20(22(27)29-5)16(2)23(15)3)14-25-10-6-9-24(11-12-25)13-17-7-8-19(30-17)21(26)28-4/h7-8H,6,9-14H2,1-5H3. The van der Waals surface area contributed by atoms with Crippen LogP contribution in [0.1, 0.15) is 50.0 Å². The topological polar surface area (TPSA) is 77.1 Å². The van der Waals surface area contributed by atoms with E-state index in [0.717, 1.165) is 61.9 Å². The second-order valence-corrected chi connectivity index (χ2v) is 7.74. The van der Waals surface area contributed by atoms with Crippen molar-refractivity contribution in [3.8, 4) is 0 Å². The number of rotatable bonds is 6. The summed E-state index contributed by atoms with van der Waals surface area (Å²) < 4.78 is 17.4. The molecule has 0 spiro atoms. The summed E-state index contributed by atoms with van der Waals surface area (Å²) >= 11 is 0. The molecule has 1 saturated heterocycles. The largest absolute Gasteiger partial charge is 0.465 e. The number of carbonyl (C=O) groups is 2. The molecule has 8 nitrogen and oxygen atoms in total. The third-order valence-electron chi connectivity index (χ3n) is 5.99. The Labute approximate surface area is 177 Å². The summed E-state index contributed by atoms with van der Waals surface area (Å²) in [6, 6.07) is 3.48. The van der Waals surface area contributed by atoms with Crippen LogP contribution in [0.15, 0.2) is 16.5 Å². The van der Waals surface area contributed by atoms with Gasteiger partial charge < -0.3 is 18.5 Å². The molecule has 0 aliphatic carbocycles. The molecule has 0 bridgehead atoms. The average Bonchev–Trinajstić information content (AvgIpc) is 3.20. The van der Waals surface area contributed by atoms with E-state index in [0.29, 0.717) is 12.1 Å². The minimum Gasteiger partial charge on any atom is -0.465 e. The summed E-state index contributed by atoms with van der Waals surface area (Å²) in [7, 11) is 4.75. The fourth-order valence-corrected chi connectivity index (χ4v) is 4.05. The first-order valence-electron chi connectivity index (χ1n) is 10.2. The Morgan fingerprint density at radius 1 is 0.933 bits per heavy atom. The Hall–Kier alpha value is -2.58. The van der Waals surface area contributed by atoms with E-state index >= 15 is 0 Å². The highest BCUT2D eigenvalue weighted by Crippen LogP contribution is 2.24. The van der Waals surface area contributed by atoms with Crippen LogP contribution in [-0.2, 0) is 29.6 Å². The normalized spacial score (nSPS) is 15.8. The van der Waals surface area contributed by atoms with Crippen LogP contribution in [0, 0.1) is 13.8 Å². The molecule has 0 radical (unpaired) electrons. The van der Waals surface area contributed by atoms with E-state index in [9.17, 15) is 9.59 Å². The number of carbonyl (C=O) groups excluding carboxylic acids is 2. The lowest BCUT2D eigenvalue weighted by Gasteiger charge is -2.22. The Kier molecular flexibility index (Phi) is 6.99. The molecular formula is C22H31N3O5. The van der Waals surface area contributed by atoms with Gasteiger partial charge in [0.25, 0.3) is 0 Å². The van der Waals surface area contributed by atoms with Crippen molar-refractivity contribution in [1.29, 1.82) is 0 Å². The highest BCUT2D eigenvalue weighted by Gasteiger charge is 2.25. The summed E-state index contributed by atoms with van der Waals surface area (Å²) in [5.74, 6) is 0.251. The summed E-state index contributed by atoms with van der Waals surface area (Å²) in [4.78, 5) is 28.6. The molecule has 2 aromatic heterocycles. The van der Waals surface area contributed by atoms with Crippen LogP contribution < -0.4 is 0 Å². The van der Waals surface area contributed by atoms with Gasteiger partial charge in [0.15, 0.2) is 0 Å². The van der Waals surface area contributed by atoms with Gasteiger partial charge in [0.05, 0.1) is 26.3 Å². The van der Waals surface area contributed by atoms with Crippen molar-refractivity contribution >= 4 is 11.9 Å². The Morgan fingerprint density at radius 3 is 2.20 bits per heavy atom. The Morgan fingerprint density at radius 2 is 1.57 bits per heavy atom. The first kappa shape index (κ1) is 22.1. The predicted octanol–water partition coefficient (Wildman–Crippen LogP) is 2.52. The van der Waals surface area contributed by atoms with Crippen LogP contribution in [0.5, 0.6) is 0 Å². The van der Waals surface area contributed by atoms with E-state index in [1.807, 2.05) is 20.0 Å². The first-order chi connectivity index (χ1) is 14.3. The molecule has 3 heterocycles. The van der Waals surface area contributed by atoms with Gasteiger partial charge in [-0.1, -0.05) is 0 Å². The molecule has 1 aliphatic heterocycles. The smallest absolute Gasteiger partial charge is 0.373 e. The molecule has 8 heteroatoms. The maximum atomic E-state index is 12.4. The van der Waals surface area contributed by atoms with Gasteiger partial charge in [-0.25, -0.2) is 9.59 Å². The van der Waals surface area contributed by atoms with E-state index in [-0.39, 0.29) is 11.7 Å². The zero-order valence-corrected chi connectivity index (χ0v) is 18.5. The zero-order chi connectivity index (χ0) is 21.8. The lowest BCUT2D eigenvalue weighted by Crippen LogP contribution is -2.30.